The van der Waals surface area contributed by atoms with Crippen molar-refractivity contribution in [3.05, 3.63) is 41.4 Å². The Labute approximate surface area is 150 Å². The van der Waals surface area contributed by atoms with Crippen LogP contribution in [-0.2, 0) is 17.8 Å². The van der Waals surface area contributed by atoms with Crippen molar-refractivity contribution < 1.29 is 4.79 Å². The second kappa shape index (κ2) is 7.37. The third kappa shape index (κ3) is 3.74. The molecule has 4 rings (SSSR count). The number of carbonyl (C=O) groups excluding carboxylic acids is 1. The third-order valence-corrected chi connectivity index (χ3v) is 5.38. The highest BCUT2D eigenvalue weighted by atomic mass is 32.1. The lowest BCUT2D eigenvalue weighted by Gasteiger charge is -2.23. The van der Waals surface area contributed by atoms with Crippen molar-refractivity contribution in [1.29, 1.82) is 0 Å². The van der Waals surface area contributed by atoms with E-state index in [-0.39, 0.29) is 12.5 Å². The SMILES string of the molecule is O=C(Cn1nccc1[C@@H]1CCCNC1)NCCc1cn2ccsc2n1. The normalized spacial score (nSPS) is 17.8. The summed E-state index contributed by atoms with van der Waals surface area (Å²) >= 11 is 1.61. The van der Waals surface area contributed by atoms with Gasteiger partial charge in [0.05, 0.1) is 5.69 Å². The predicted molar refractivity (Wildman–Crippen MR) is 96.9 cm³/mol. The molecule has 1 amide bonds. The Bertz CT molecular complexity index is 816. The van der Waals surface area contributed by atoms with E-state index in [0.717, 1.165) is 42.3 Å². The molecule has 0 spiro atoms. The van der Waals surface area contributed by atoms with E-state index in [1.165, 1.54) is 6.42 Å². The summed E-state index contributed by atoms with van der Waals surface area (Å²) in [6.45, 7) is 2.91. The van der Waals surface area contributed by atoms with Gasteiger partial charge in [0, 0.05) is 55.1 Å². The lowest BCUT2D eigenvalue weighted by Crippen LogP contribution is -2.33. The van der Waals surface area contributed by atoms with Crippen LogP contribution in [0, 0.1) is 0 Å². The second-order valence-electron chi connectivity index (χ2n) is 6.38. The summed E-state index contributed by atoms with van der Waals surface area (Å²) in [5, 5.41) is 12.7. The third-order valence-electron chi connectivity index (χ3n) is 4.60. The van der Waals surface area contributed by atoms with Crippen LogP contribution in [-0.4, -0.2) is 44.7 Å². The minimum absolute atomic E-state index is 0.00487. The van der Waals surface area contributed by atoms with Gasteiger partial charge in [-0.2, -0.15) is 5.10 Å². The average Bonchev–Trinajstić information content (AvgIpc) is 3.32. The van der Waals surface area contributed by atoms with E-state index in [0.29, 0.717) is 12.5 Å². The molecule has 8 heteroatoms. The molecule has 0 bridgehead atoms. The van der Waals surface area contributed by atoms with Crippen LogP contribution in [0.25, 0.3) is 4.96 Å². The number of nitrogens with zero attached hydrogens (tertiary/aromatic N) is 4. The molecule has 25 heavy (non-hydrogen) atoms. The molecule has 0 saturated carbocycles. The van der Waals surface area contributed by atoms with Crippen LogP contribution in [0.15, 0.2) is 30.0 Å². The molecule has 3 aromatic heterocycles. The van der Waals surface area contributed by atoms with E-state index in [1.807, 2.05) is 32.9 Å². The largest absolute Gasteiger partial charge is 0.354 e. The fourth-order valence-corrected chi connectivity index (χ4v) is 4.06. The van der Waals surface area contributed by atoms with E-state index in [2.05, 4.69) is 20.7 Å². The Morgan fingerprint density at radius 3 is 3.28 bits per heavy atom. The summed E-state index contributed by atoms with van der Waals surface area (Å²) in [7, 11) is 0. The zero-order chi connectivity index (χ0) is 17.1. The van der Waals surface area contributed by atoms with Crippen molar-refractivity contribution in [1.82, 2.24) is 29.8 Å². The first-order valence-corrected chi connectivity index (χ1v) is 9.58. The van der Waals surface area contributed by atoms with Gasteiger partial charge in [-0.1, -0.05) is 0 Å². The van der Waals surface area contributed by atoms with Gasteiger partial charge in [0.15, 0.2) is 4.96 Å². The number of hydrogen-bond donors (Lipinski definition) is 2. The van der Waals surface area contributed by atoms with Crippen molar-refractivity contribution in [2.45, 2.75) is 31.7 Å². The molecule has 0 aliphatic carbocycles. The number of rotatable bonds is 6. The summed E-state index contributed by atoms with van der Waals surface area (Å²) in [6.07, 6.45) is 8.85. The first-order valence-electron chi connectivity index (χ1n) is 8.70. The number of thiazole rings is 1. The zero-order valence-corrected chi connectivity index (χ0v) is 14.8. The smallest absolute Gasteiger partial charge is 0.241 e. The summed E-state index contributed by atoms with van der Waals surface area (Å²) in [6, 6.07) is 2.03. The standard InChI is InChI=1S/C17H22N6OS/c24-16(19-6-3-14-11-22-8-9-25-17(22)21-14)12-23-15(4-7-20-23)13-2-1-5-18-10-13/h4,7-9,11,13,18H,1-3,5-6,10,12H2,(H,19,24)/t13-/m1/s1. The number of amides is 1. The van der Waals surface area contributed by atoms with Gasteiger partial charge < -0.3 is 10.6 Å². The molecule has 1 fully saturated rings. The molecule has 1 atom stereocenters. The van der Waals surface area contributed by atoms with E-state index in [4.69, 9.17) is 0 Å². The summed E-state index contributed by atoms with van der Waals surface area (Å²) in [4.78, 5) is 17.8. The molecular formula is C17H22N6OS. The molecule has 1 aliphatic heterocycles. The van der Waals surface area contributed by atoms with Gasteiger partial charge in [-0.25, -0.2) is 4.98 Å². The number of hydrogen-bond acceptors (Lipinski definition) is 5. The van der Waals surface area contributed by atoms with Gasteiger partial charge >= 0.3 is 0 Å². The van der Waals surface area contributed by atoms with E-state index in [1.54, 1.807) is 17.5 Å². The van der Waals surface area contributed by atoms with Gasteiger partial charge in [-0.05, 0) is 25.5 Å². The molecule has 132 valence electrons. The van der Waals surface area contributed by atoms with Crippen LogP contribution in [0.1, 0.15) is 30.1 Å². The monoisotopic (exact) mass is 358 g/mol. The molecule has 7 nitrogen and oxygen atoms in total. The van der Waals surface area contributed by atoms with Crippen LogP contribution in [0.3, 0.4) is 0 Å². The predicted octanol–water partition coefficient (Wildman–Crippen LogP) is 1.42. The van der Waals surface area contributed by atoms with E-state index < -0.39 is 0 Å². The fourth-order valence-electron chi connectivity index (χ4n) is 3.34. The van der Waals surface area contributed by atoms with Crippen molar-refractivity contribution in [3.8, 4) is 0 Å². The quantitative estimate of drug-likeness (QED) is 0.699. The molecule has 1 saturated heterocycles. The van der Waals surface area contributed by atoms with Gasteiger partial charge in [0.1, 0.15) is 6.54 Å². The molecule has 0 radical (unpaired) electrons. The Hall–Kier alpha value is -2.19. The number of piperidine rings is 1. The lowest BCUT2D eigenvalue weighted by molar-refractivity contribution is -0.121. The maximum Gasteiger partial charge on any atom is 0.241 e. The number of aromatic nitrogens is 4. The minimum atomic E-state index is -0.00487. The second-order valence-corrected chi connectivity index (χ2v) is 7.26. The van der Waals surface area contributed by atoms with Gasteiger partial charge in [0.25, 0.3) is 0 Å². The highest BCUT2D eigenvalue weighted by Gasteiger charge is 2.19. The van der Waals surface area contributed by atoms with E-state index in [9.17, 15) is 4.79 Å². The summed E-state index contributed by atoms with van der Waals surface area (Å²) in [5.74, 6) is 0.442. The van der Waals surface area contributed by atoms with Crippen LogP contribution in [0.5, 0.6) is 0 Å². The van der Waals surface area contributed by atoms with Crippen molar-refractivity contribution in [2.75, 3.05) is 19.6 Å². The first kappa shape index (κ1) is 16.3. The Kier molecular flexibility index (Phi) is 4.80. The Morgan fingerprint density at radius 2 is 2.44 bits per heavy atom. The summed E-state index contributed by atoms with van der Waals surface area (Å²) < 4.78 is 3.84. The summed E-state index contributed by atoms with van der Waals surface area (Å²) in [5.41, 5.74) is 2.15. The number of nitrogens with one attached hydrogen (secondary N) is 2. The van der Waals surface area contributed by atoms with Crippen LogP contribution >= 0.6 is 11.3 Å². The van der Waals surface area contributed by atoms with Gasteiger partial charge in [0.2, 0.25) is 5.91 Å². The van der Waals surface area contributed by atoms with Gasteiger partial charge in [-0.3, -0.25) is 13.9 Å². The highest BCUT2D eigenvalue weighted by molar-refractivity contribution is 7.15. The molecule has 0 aromatic carbocycles. The maximum atomic E-state index is 12.2. The minimum Gasteiger partial charge on any atom is -0.354 e. The van der Waals surface area contributed by atoms with Crippen LogP contribution in [0.4, 0.5) is 0 Å². The number of imidazole rings is 1. The molecule has 1 aliphatic rings. The van der Waals surface area contributed by atoms with Crippen molar-refractivity contribution in [2.24, 2.45) is 0 Å². The topological polar surface area (TPSA) is 76.2 Å². The number of carbonyl (C=O) groups is 1. The molecule has 0 unspecified atom stereocenters. The molecule has 3 aromatic rings. The van der Waals surface area contributed by atoms with Crippen LogP contribution < -0.4 is 10.6 Å². The Balaban J connectivity index is 1.29. The van der Waals surface area contributed by atoms with Crippen molar-refractivity contribution >= 4 is 22.2 Å². The highest BCUT2D eigenvalue weighted by Crippen LogP contribution is 2.22. The molecular weight excluding hydrogens is 336 g/mol. The maximum absolute atomic E-state index is 12.2. The Morgan fingerprint density at radius 1 is 1.48 bits per heavy atom. The molecule has 2 N–H and O–H groups in total. The lowest BCUT2D eigenvalue weighted by atomic mass is 9.96. The zero-order valence-electron chi connectivity index (χ0n) is 14.0. The first-order chi connectivity index (χ1) is 12.3. The molecule has 4 heterocycles. The average molecular weight is 358 g/mol. The van der Waals surface area contributed by atoms with Gasteiger partial charge in [-0.15, -0.1) is 11.3 Å². The van der Waals surface area contributed by atoms with Crippen molar-refractivity contribution in [3.63, 3.8) is 0 Å². The van der Waals surface area contributed by atoms with E-state index >= 15 is 0 Å². The fraction of sp³-hybridized carbons (Fsp3) is 0.471. The van der Waals surface area contributed by atoms with Crippen LogP contribution in [0.2, 0.25) is 0 Å². The number of fused-ring (bicyclic) bond motifs is 1.